The third-order valence-electron chi connectivity index (χ3n) is 3.58. The Labute approximate surface area is 141 Å². The first-order valence-electron chi connectivity index (χ1n) is 7.19. The van der Waals surface area contributed by atoms with Crippen molar-refractivity contribution < 1.29 is 18.6 Å². The summed E-state index contributed by atoms with van der Waals surface area (Å²) in [5.74, 6) is 1.24. The first-order valence-corrected chi connectivity index (χ1v) is 8.07. The van der Waals surface area contributed by atoms with Crippen LogP contribution in [0.4, 0.5) is 15.2 Å². The molecule has 0 radical (unpaired) electrons. The van der Waals surface area contributed by atoms with Crippen LogP contribution < -0.4 is 19.5 Å². The van der Waals surface area contributed by atoms with Gasteiger partial charge < -0.3 is 19.5 Å². The molecule has 1 aromatic heterocycles. The maximum absolute atomic E-state index is 13.8. The number of benzene rings is 2. The second kappa shape index (κ2) is 6.01. The molecule has 3 aromatic rings. The summed E-state index contributed by atoms with van der Waals surface area (Å²) < 4.78 is 29.4. The van der Waals surface area contributed by atoms with Crippen LogP contribution in [0.15, 0.2) is 41.8 Å². The monoisotopic (exact) mass is 344 g/mol. The summed E-state index contributed by atoms with van der Waals surface area (Å²) in [4.78, 5) is 4.49. The van der Waals surface area contributed by atoms with E-state index in [-0.39, 0.29) is 12.5 Å². The number of anilines is 2. The molecule has 2 aromatic carbocycles. The van der Waals surface area contributed by atoms with E-state index in [1.165, 1.54) is 24.5 Å². The molecule has 24 heavy (non-hydrogen) atoms. The molecule has 1 N–H and O–H groups in total. The van der Waals surface area contributed by atoms with E-state index in [4.69, 9.17) is 14.2 Å². The minimum atomic E-state index is -0.409. The zero-order chi connectivity index (χ0) is 16.5. The number of thiazole rings is 1. The molecule has 2 heterocycles. The van der Waals surface area contributed by atoms with Crippen molar-refractivity contribution in [1.82, 2.24) is 4.98 Å². The molecular weight excluding hydrogens is 331 g/mol. The van der Waals surface area contributed by atoms with Crippen LogP contribution in [0.2, 0.25) is 0 Å². The predicted molar refractivity (Wildman–Crippen MR) is 89.9 cm³/mol. The van der Waals surface area contributed by atoms with E-state index < -0.39 is 5.82 Å². The summed E-state index contributed by atoms with van der Waals surface area (Å²) in [6, 6.07) is 10.4. The van der Waals surface area contributed by atoms with Gasteiger partial charge in [0.1, 0.15) is 0 Å². The van der Waals surface area contributed by atoms with Crippen LogP contribution in [0.1, 0.15) is 0 Å². The van der Waals surface area contributed by atoms with Gasteiger partial charge in [-0.15, -0.1) is 11.3 Å². The molecule has 7 heteroatoms. The Balaban J connectivity index is 1.55. The van der Waals surface area contributed by atoms with Crippen molar-refractivity contribution in [3.05, 3.63) is 47.6 Å². The number of fused-ring (bicyclic) bond motifs is 1. The molecule has 0 saturated heterocycles. The van der Waals surface area contributed by atoms with Gasteiger partial charge in [0.2, 0.25) is 6.79 Å². The van der Waals surface area contributed by atoms with Crippen LogP contribution >= 0.6 is 11.3 Å². The molecule has 0 spiro atoms. The summed E-state index contributed by atoms with van der Waals surface area (Å²) in [7, 11) is 1.44. The van der Waals surface area contributed by atoms with E-state index in [0.717, 1.165) is 11.4 Å². The Hall–Kier alpha value is -2.80. The lowest BCUT2D eigenvalue weighted by Gasteiger charge is -2.04. The molecule has 0 amide bonds. The minimum Gasteiger partial charge on any atom is -0.494 e. The number of ether oxygens (including phenoxy) is 3. The van der Waals surface area contributed by atoms with Gasteiger partial charge in [-0.1, -0.05) is 0 Å². The highest BCUT2D eigenvalue weighted by Crippen LogP contribution is 2.36. The zero-order valence-corrected chi connectivity index (χ0v) is 13.5. The molecule has 5 nitrogen and oxygen atoms in total. The van der Waals surface area contributed by atoms with E-state index >= 15 is 0 Å². The molecule has 1 aliphatic heterocycles. The first-order chi connectivity index (χ1) is 11.7. The third-order valence-corrected chi connectivity index (χ3v) is 4.33. The maximum atomic E-state index is 13.8. The lowest BCUT2D eigenvalue weighted by atomic mass is 10.1. The molecule has 0 unspecified atom stereocenters. The van der Waals surface area contributed by atoms with Crippen LogP contribution in [0.3, 0.4) is 0 Å². The molecule has 0 atom stereocenters. The van der Waals surface area contributed by atoms with Crippen LogP contribution in [0.25, 0.3) is 11.3 Å². The predicted octanol–water partition coefficient (Wildman–Crippen LogP) is 4.43. The number of nitrogens with zero attached hydrogens (tertiary/aromatic N) is 1. The highest BCUT2D eigenvalue weighted by molar-refractivity contribution is 7.14. The fraction of sp³-hybridized carbons (Fsp3) is 0.118. The Morgan fingerprint density at radius 1 is 1.17 bits per heavy atom. The minimum absolute atomic E-state index is 0.215. The van der Waals surface area contributed by atoms with Crippen molar-refractivity contribution in [3.8, 4) is 28.5 Å². The van der Waals surface area contributed by atoms with Gasteiger partial charge in [0.05, 0.1) is 12.8 Å². The van der Waals surface area contributed by atoms with Gasteiger partial charge >= 0.3 is 0 Å². The Kier molecular flexibility index (Phi) is 3.70. The molecule has 0 saturated carbocycles. The Morgan fingerprint density at radius 2 is 2.04 bits per heavy atom. The van der Waals surface area contributed by atoms with Crippen molar-refractivity contribution in [3.63, 3.8) is 0 Å². The van der Waals surface area contributed by atoms with Crippen molar-refractivity contribution in [2.75, 3.05) is 19.2 Å². The van der Waals surface area contributed by atoms with Gasteiger partial charge in [-0.2, -0.15) is 0 Å². The molecule has 0 aliphatic carbocycles. The number of aromatic nitrogens is 1. The van der Waals surface area contributed by atoms with E-state index in [1.807, 2.05) is 23.6 Å². The average Bonchev–Trinajstić information content (AvgIpc) is 3.23. The summed E-state index contributed by atoms with van der Waals surface area (Å²) in [6.07, 6.45) is 0. The number of rotatable bonds is 4. The second-order valence-corrected chi connectivity index (χ2v) is 5.94. The number of nitrogens with one attached hydrogen (secondary N) is 1. The highest BCUT2D eigenvalue weighted by Gasteiger charge is 2.14. The van der Waals surface area contributed by atoms with Crippen LogP contribution in [-0.4, -0.2) is 18.9 Å². The van der Waals surface area contributed by atoms with Crippen LogP contribution in [0, 0.1) is 5.82 Å². The van der Waals surface area contributed by atoms with Crippen molar-refractivity contribution in [2.45, 2.75) is 0 Å². The Bertz CT molecular complexity index is 897. The fourth-order valence-corrected chi connectivity index (χ4v) is 3.13. The molecule has 4 rings (SSSR count). The number of halogens is 1. The van der Waals surface area contributed by atoms with Gasteiger partial charge in [-0.05, 0) is 30.3 Å². The summed E-state index contributed by atoms with van der Waals surface area (Å²) in [5.41, 5.74) is 2.24. The van der Waals surface area contributed by atoms with Crippen LogP contribution in [0.5, 0.6) is 17.2 Å². The van der Waals surface area contributed by atoms with E-state index in [1.54, 1.807) is 12.1 Å². The van der Waals surface area contributed by atoms with Gasteiger partial charge in [0, 0.05) is 22.7 Å². The van der Waals surface area contributed by atoms with E-state index in [9.17, 15) is 4.39 Å². The zero-order valence-electron chi connectivity index (χ0n) is 12.7. The van der Waals surface area contributed by atoms with Gasteiger partial charge in [0.15, 0.2) is 28.2 Å². The summed E-state index contributed by atoms with van der Waals surface area (Å²) in [5, 5.41) is 5.79. The Morgan fingerprint density at radius 3 is 2.88 bits per heavy atom. The normalized spacial score (nSPS) is 12.2. The van der Waals surface area contributed by atoms with Gasteiger partial charge in [0.25, 0.3) is 0 Å². The second-order valence-electron chi connectivity index (χ2n) is 5.08. The van der Waals surface area contributed by atoms with Gasteiger partial charge in [-0.3, -0.25) is 0 Å². The third kappa shape index (κ3) is 2.74. The first kappa shape index (κ1) is 14.8. The smallest absolute Gasteiger partial charge is 0.231 e. The maximum Gasteiger partial charge on any atom is 0.231 e. The average molecular weight is 344 g/mol. The summed E-state index contributed by atoms with van der Waals surface area (Å²) in [6.45, 7) is 0.239. The lowest BCUT2D eigenvalue weighted by molar-refractivity contribution is 0.174. The molecule has 0 fully saturated rings. The number of hydrogen-bond donors (Lipinski definition) is 1. The van der Waals surface area contributed by atoms with Crippen LogP contribution in [-0.2, 0) is 0 Å². The standard InChI is InChI=1S/C17H13FN2O3S/c1-21-14-4-2-10(6-12(14)18)13-8-24-17(20-13)19-11-3-5-15-16(7-11)23-9-22-15/h2-8H,9H2,1H3,(H,19,20). The van der Waals surface area contributed by atoms with E-state index in [0.29, 0.717) is 22.1 Å². The molecule has 122 valence electrons. The SMILES string of the molecule is COc1ccc(-c2csc(Nc3ccc4c(c3)OCO4)n2)cc1F. The fourth-order valence-electron chi connectivity index (χ4n) is 2.39. The molecular formula is C17H13FN2O3S. The largest absolute Gasteiger partial charge is 0.494 e. The van der Waals surface area contributed by atoms with Crippen molar-refractivity contribution in [1.29, 1.82) is 0 Å². The number of hydrogen-bond acceptors (Lipinski definition) is 6. The quantitative estimate of drug-likeness (QED) is 0.759. The summed E-state index contributed by atoms with van der Waals surface area (Å²) >= 11 is 1.44. The van der Waals surface area contributed by atoms with Gasteiger partial charge in [-0.25, -0.2) is 9.37 Å². The van der Waals surface area contributed by atoms with Crippen molar-refractivity contribution >= 4 is 22.2 Å². The topological polar surface area (TPSA) is 52.6 Å². The highest BCUT2D eigenvalue weighted by atomic mass is 32.1. The lowest BCUT2D eigenvalue weighted by Crippen LogP contribution is -1.93. The molecule has 1 aliphatic rings. The van der Waals surface area contributed by atoms with Crippen molar-refractivity contribution in [2.24, 2.45) is 0 Å². The van der Waals surface area contributed by atoms with E-state index in [2.05, 4.69) is 10.3 Å². The molecule has 0 bridgehead atoms. The number of methoxy groups -OCH3 is 1.